The number of pyridine rings is 5. The van der Waals surface area contributed by atoms with Gasteiger partial charge in [-0.3, -0.25) is 19.9 Å². The first-order chi connectivity index (χ1) is 58.4. The van der Waals surface area contributed by atoms with Gasteiger partial charge in [-0.15, -0.1) is 0 Å². The average Bonchev–Trinajstić information content (AvgIpc) is 1.62. The first kappa shape index (κ1) is 93.3. The summed E-state index contributed by atoms with van der Waals surface area (Å²) in [7, 11) is -10.8. The molecule has 10 heterocycles. The number of halogens is 3. The number of carbonyl (C=O) groups excluding carboxylic acids is 5. The number of nitrogens with one attached hydrogen (secondary N) is 3. The quantitative estimate of drug-likeness (QED) is 0.0779. The number of allylic oxidation sites excluding steroid dienone is 1. The number of nitrogens with two attached hydrogens (primary N) is 1. The minimum Gasteiger partial charge on any atom is -0.444 e. The van der Waals surface area contributed by atoms with Crippen molar-refractivity contribution < 1.29 is 71.9 Å². The second kappa shape index (κ2) is 36.8. The van der Waals surface area contributed by atoms with Crippen LogP contribution in [0.15, 0.2) is 214 Å². The number of nitrogens with zero attached hydrogens (tertiary/aromatic N) is 12. The second-order valence-electron chi connectivity index (χ2n) is 31.7. The van der Waals surface area contributed by atoms with Gasteiger partial charge >= 0.3 is 24.3 Å². The van der Waals surface area contributed by atoms with Crippen LogP contribution in [0.2, 0.25) is 15.1 Å². The molecule has 13 aromatic rings. The molecule has 4 aromatic carbocycles. The van der Waals surface area contributed by atoms with Gasteiger partial charge in [0.15, 0.2) is 22.6 Å². The molecule has 1 aliphatic heterocycles. The van der Waals surface area contributed by atoms with Gasteiger partial charge < -0.3 is 30.6 Å². The molecule has 0 saturated carbocycles. The topological polar surface area (TPSA) is 406 Å². The number of nitrogen functional groups attached to an aromatic ring is 1. The Morgan fingerprint density at radius 3 is 1.31 bits per heavy atom. The Labute approximate surface area is 738 Å². The maximum Gasteiger partial charge on any atom is 0.418 e. The molecule has 9 aromatic heterocycles. The highest BCUT2D eigenvalue weighted by Gasteiger charge is 2.41. The van der Waals surface area contributed by atoms with Gasteiger partial charge in [0.1, 0.15) is 51.9 Å². The van der Waals surface area contributed by atoms with Crippen LogP contribution in [0.1, 0.15) is 95.8 Å². The number of rotatable bonds is 13. The first-order valence-corrected chi connectivity index (χ1v) is 45.3. The highest BCUT2D eigenvalue weighted by molar-refractivity contribution is 7.91. The third kappa shape index (κ3) is 21.7. The molecule has 1 fully saturated rings. The molecule has 1 saturated heterocycles. The normalized spacial score (nSPS) is 13.4. The van der Waals surface area contributed by atoms with Crippen molar-refractivity contribution in [1.82, 2.24) is 51.0 Å². The lowest BCUT2D eigenvalue weighted by Gasteiger charge is -2.24. The SMILES string of the molecule is CNc1ccc2c(Cl)cn(S(=O)(=O)c3ccc(C)cc3)c2n1.Cc1ccc(S(=O)(=O)n2cc(Cl)c3ccc(N(C)C(=O)OC(C)(C)C)nc32)cc1.Cc1ccc(S(=O)(=O)n2cc(Cl)c3ccc(N(C)C(=O)[C@@H]4CN(C(=O)OC(C)(C)C)C(=O)N4)nc32)cc1.Cc1ccc(S(=O)(=O)n2ccc3ccc(NC(=O)OC(C)(C)C)nc32)cc1.Nc1ccc2c(n1)CC=C2. The van der Waals surface area contributed by atoms with Crippen LogP contribution < -0.4 is 31.5 Å². The smallest absolute Gasteiger partial charge is 0.418 e. The van der Waals surface area contributed by atoms with Crippen LogP contribution in [0, 0.1) is 27.7 Å². The summed E-state index contributed by atoms with van der Waals surface area (Å²) >= 11 is 18.7. The van der Waals surface area contributed by atoms with Crippen LogP contribution >= 0.6 is 34.8 Å². The van der Waals surface area contributed by atoms with Crippen molar-refractivity contribution in [2.24, 2.45) is 0 Å². The third-order valence-corrected chi connectivity index (χ3v) is 26.1. The van der Waals surface area contributed by atoms with Crippen LogP contribution in [-0.2, 0) is 65.5 Å². The van der Waals surface area contributed by atoms with Crippen molar-refractivity contribution in [1.29, 1.82) is 0 Å². The van der Waals surface area contributed by atoms with Crippen molar-refractivity contribution in [2.45, 2.75) is 139 Å². The first-order valence-electron chi connectivity index (χ1n) is 38.4. The zero-order chi connectivity index (χ0) is 91.5. The third-order valence-electron chi connectivity index (χ3n) is 18.5. The minimum absolute atomic E-state index is 0.0357. The number of benzene rings is 4. The van der Waals surface area contributed by atoms with Gasteiger partial charge in [-0.2, -0.15) is 0 Å². The number of hydrogen-bond acceptors (Lipinski definition) is 23. The Balaban J connectivity index is 0.000000158. The molecule has 2 aliphatic rings. The number of likely N-dealkylation sites (N-methyl/N-ethyl adjacent to an activating group) is 1. The molecule has 5 N–H and O–H groups in total. The van der Waals surface area contributed by atoms with Gasteiger partial charge in [-0.05, 0) is 211 Å². The number of urea groups is 1. The van der Waals surface area contributed by atoms with E-state index in [-0.39, 0.29) is 70.6 Å². The second-order valence-corrected chi connectivity index (χ2v) is 40.2. The van der Waals surface area contributed by atoms with Gasteiger partial charge in [0.25, 0.3) is 46.0 Å². The summed E-state index contributed by atoms with van der Waals surface area (Å²) in [4.78, 5) is 87.4. The molecule has 125 heavy (non-hydrogen) atoms. The van der Waals surface area contributed by atoms with E-state index >= 15 is 0 Å². The van der Waals surface area contributed by atoms with E-state index in [1.54, 1.807) is 191 Å². The number of carbonyl (C=O) groups is 5. The molecule has 656 valence electrons. The Morgan fingerprint density at radius 2 is 0.880 bits per heavy atom. The van der Waals surface area contributed by atoms with Crippen molar-refractivity contribution in [2.75, 3.05) is 53.9 Å². The number of amides is 6. The fourth-order valence-electron chi connectivity index (χ4n) is 12.2. The molecule has 0 radical (unpaired) electrons. The van der Waals surface area contributed by atoms with Gasteiger partial charge in [-0.1, -0.05) is 118 Å². The molecular weight excluding hydrogens is 1750 g/mol. The van der Waals surface area contributed by atoms with Gasteiger partial charge in [0.2, 0.25) is 0 Å². The molecule has 1 atom stereocenters. The van der Waals surface area contributed by atoms with E-state index in [1.165, 1.54) is 84.6 Å². The molecule has 39 heteroatoms. The van der Waals surface area contributed by atoms with E-state index in [0.29, 0.717) is 43.9 Å². The summed E-state index contributed by atoms with van der Waals surface area (Å²) in [6, 6.07) is 42.8. The number of fused-ring (bicyclic) bond motifs is 5. The summed E-state index contributed by atoms with van der Waals surface area (Å²) < 4.78 is 124. The number of hydrogen-bond donors (Lipinski definition) is 4. The predicted octanol–water partition coefficient (Wildman–Crippen LogP) is 16.6. The fraction of sp³-hybridized carbons (Fsp3) is 0.256. The van der Waals surface area contributed by atoms with Crippen LogP contribution in [0.25, 0.3) is 50.2 Å². The van der Waals surface area contributed by atoms with Crippen molar-refractivity contribution >= 4 is 184 Å². The van der Waals surface area contributed by atoms with E-state index < -0.39 is 93.2 Å². The average molecular weight is 1840 g/mol. The maximum absolute atomic E-state index is 13.3. The number of imide groups is 1. The zero-order valence-corrected chi connectivity index (χ0v) is 76.3. The summed E-state index contributed by atoms with van der Waals surface area (Å²) in [6.45, 7) is 22.8. The Morgan fingerprint density at radius 1 is 0.480 bits per heavy atom. The number of anilines is 5. The van der Waals surface area contributed by atoms with Gasteiger partial charge in [-0.25, -0.2) is 98.6 Å². The summed E-state index contributed by atoms with van der Waals surface area (Å²) in [6.07, 6.45) is 8.37. The number of aryl methyl sites for hydroxylation is 4. The molecule has 6 amide bonds. The highest BCUT2D eigenvalue weighted by atomic mass is 35.5. The van der Waals surface area contributed by atoms with E-state index in [2.05, 4.69) is 53.0 Å². The maximum atomic E-state index is 13.3. The van der Waals surface area contributed by atoms with E-state index in [1.807, 2.05) is 39.8 Å². The monoisotopic (exact) mass is 1840 g/mol. The zero-order valence-electron chi connectivity index (χ0n) is 70.8. The van der Waals surface area contributed by atoms with E-state index in [0.717, 1.165) is 55.2 Å². The molecule has 0 spiro atoms. The lowest BCUT2D eigenvalue weighted by molar-refractivity contribution is -0.119. The lowest BCUT2D eigenvalue weighted by Crippen LogP contribution is -2.44. The molecular formula is C86H91Cl3N16O16S4. The largest absolute Gasteiger partial charge is 0.444 e. The summed E-state index contributed by atoms with van der Waals surface area (Å²) in [5, 5.41) is 10.7. The minimum atomic E-state index is -4.03. The number of aromatic nitrogens is 9. The predicted molar refractivity (Wildman–Crippen MR) is 483 cm³/mol. The Bertz CT molecular complexity index is 6850. The Hall–Kier alpha value is -12.5. The number of ether oxygens (including phenoxy) is 3. The van der Waals surface area contributed by atoms with Crippen molar-refractivity contribution in [3.63, 3.8) is 0 Å². The summed E-state index contributed by atoms with van der Waals surface area (Å²) in [5.41, 5.74) is 10.1. The van der Waals surface area contributed by atoms with Crippen molar-refractivity contribution in [3.05, 3.63) is 243 Å². The lowest BCUT2D eigenvalue weighted by atomic mass is 10.2. The van der Waals surface area contributed by atoms with E-state index in [4.69, 9.17) is 54.7 Å². The van der Waals surface area contributed by atoms with Crippen LogP contribution in [0.3, 0.4) is 0 Å². The Kier molecular flexibility index (Phi) is 27.4. The van der Waals surface area contributed by atoms with Crippen LogP contribution in [0.5, 0.6) is 0 Å². The standard InChI is InChI=1S/C24H26ClN5O6S.C20H22ClN3O4S.C19H21N3O4S.C15H14ClN3O2S.C8H8N2/c1-14-6-8-15(9-7-14)37(34,35)30-12-17(25)16-10-11-19(27-20(16)30)28(5)21(31)18-13-29(22(32)26-18)23(33)36-24(2,3)4;1-13-6-8-14(9-7-13)29(26,27)24-12-16(21)15-10-11-17(22-18(15)24)23(5)19(25)28-20(2,3)4;1-13-5-8-15(9-6-13)27(24,25)22-12-11-14-7-10-16(20-17(14)22)21-18(23)26-19(2,3)4;1-10-3-5-11(6-4-10)22(20,21)19-9-13(16)12-7-8-14(17-2)18-15(12)19;9-8-5-4-6-2-1-3-7(6)10-8/h6-12,18H,13H2,1-5H3,(H,26,32);6-12H,1-5H3;5-12H,1-4H3,(H,20,21,23);3-9H,1-2H3,(H,17,18);1-2,4-5H,3H2,(H2,9,10)/t18-;;;;/m0..../s1. The van der Waals surface area contributed by atoms with E-state index in [9.17, 15) is 57.6 Å². The fourth-order valence-corrected chi connectivity index (χ4v) is 18.3. The molecule has 32 nitrogen and oxygen atoms in total. The van der Waals surface area contributed by atoms with Gasteiger partial charge in [0, 0.05) is 73.9 Å². The van der Waals surface area contributed by atoms with Crippen LogP contribution in [-0.4, -0.2) is 160 Å². The summed E-state index contributed by atoms with van der Waals surface area (Å²) in [5.74, 6) is 1.19. The van der Waals surface area contributed by atoms with Crippen molar-refractivity contribution in [3.8, 4) is 0 Å². The molecule has 0 bridgehead atoms. The van der Waals surface area contributed by atoms with Gasteiger partial charge in [0.05, 0.1) is 46.9 Å². The molecule has 1 aliphatic carbocycles. The molecule has 0 unspecified atom stereocenters. The molecule has 15 rings (SSSR count). The van der Waals surface area contributed by atoms with Crippen LogP contribution in [0.4, 0.5) is 48.3 Å². The highest BCUT2D eigenvalue weighted by Crippen LogP contribution is 2.35.